The van der Waals surface area contributed by atoms with Crippen molar-refractivity contribution in [3.05, 3.63) is 47.7 Å². The molecule has 0 aliphatic heterocycles. The zero-order valence-electron chi connectivity index (χ0n) is 9.63. The number of hydrogen-bond donors (Lipinski definition) is 2. The number of aliphatic hydroxyl groups excluding tert-OH is 2. The van der Waals surface area contributed by atoms with Crippen LogP contribution in [0.3, 0.4) is 0 Å². The van der Waals surface area contributed by atoms with Crippen molar-refractivity contribution >= 4 is 0 Å². The van der Waals surface area contributed by atoms with Gasteiger partial charge >= 0.3 is 0 Å². The van der Waals surface area contributed by atoms with Crippen molar-refractivity contribution < 1.29 is 10.2 Å². The van der Waals surface area contributed by atoms with Crippen LogP contribution in [0.4, 0.5) is 0 Å². The largest absolute Gasteiger partial charge is 0.395 e. The summed E-state index contributed by atoms with van der Waals surface area (Å²) in [4.78, 5) is 1.96. The van der Waals surface area contributed by atoms with Gasteiger partial charge in [0.15, 0.2) is 0 Å². The van der Waals surface area contributed by atoms with Gasteiger partial charge in [-0.2, -0.15) is 0 Å². The highest BCUT2D eigenvalue weighted by Crippen LogP contribution is 2.10. The Labute approximate surface area is 96.7 Å². The molecule has 1 rings (SSSR count). The van der Waals surface area contributed by atoms with E-state index in [0.29, 0.717) is 13.1 Å². The smallest absolute Gasteiger partial charge is 0.0606 e. The Morgan fingerprint density at radius 2 is 1.62 bits per heavy atom. The molecule has 0 aromatic heterocycles. The fraction of sp³-hybridized carbons (Fsp3) is 0.385. The summed E-state index contributed by atoms with van der Waals surface area (Å²) in [6, 6.07) is 0. The Balaban J connectivity index is 2.79. The van der Waals surface area contributed by atoms with Crippen molar-refractivity contribution in [2.45, 2.75) is 6.92 Å². The molecule has 3 nitrogen and oxygen atoms in total. The van der Waals surface area contributed by atoms with Crippen molar-refractivity contribution in [3.63, 3.8) is 0 Å². The Bertz CT molecular complexity index is 321. The quantitative estimate of drug-likeness (QED) is 0.734. The molecule has 0 saturated heterocycles. The standard InChI is InChI=1S/C13H19NO2/c1-12-4-2-3-5-13(7-6-12)14(8-10-15)9-11-16/h2-7,15-16H,8-11H2,1H3/b3-2+,4-2?,5-3?,7-6?,12-4?,12-6?,13-5-,13-7?. The zero-order chi connectivity index (χ0) is 11.8. The summed E-state index contributed by atoms with van der Waals surface area (Å²) in [5, 5.41) is 17.9. The van der Waals surface area contributed by atoms with E-state index >= 15 is 0 Å². The maximum Gasteiger partial charge on any atom is 0.0606 e. The molecule has 0 spiro atoms. The van der Waals surface area contributed by atoms with Crippen molar-refractivity contribution in [3.8, 4) is 0 Å². The molecule has 0 atom stereocenters. The van der Waals surface area contributed by atoms with Crippen LogP contribution in [0.1, 0.15) is 6.92 Å². The lowest BCUT2D eigenvalue weighted by atomic mass is 10.2. The first kappa shape index (κ1) is 12.7. The van der Waals surface area contributed by atoms with E-state index in [1.165, 1.54) is 5.57 Å². The van der Waals surface area contributed by atoms with Gasteiger partial charge in [0.05, 0.1) is 13.2 Å². The van der Waals surface area contributed by atoms with Gasteiger partial charge in [-0.15, -0.1) is 0 Å². The van der Waals surface area contributed by atoms with Gasteiger partial charge in [0, 0.05) is 18.8 Å². The first-order chi connectivity index (χ1) is 7.77. The van der Waals surface area contributed by atoms with E-state index in [0.717, 1.165) is 5.70 Å². The Morgan fingerprint density at radius 1 is 1.00 bits per heavy atom. The number of rotatable bonds is 5. The Morgan fingerprint density at radius 3 is 2.25 bits per heavy atom. The molecule has 0 saturated carbocycles. The van der Waals surface area contributed by atoms with Gasteiger partial charge in [-0.25, -0.2) is 0 Å². The second-order valence-corrected chi connectivity index (χ2v) is 3.65. The molecule has 88 valence electrons. The molecule has 0 bridgehead atoms. The van der Waals surface area contributed by atoms with Crippen LogP contribution in [-0.4, -0.2) is 41.4 Å². The molecule has 1 aliphatic carbocycles. The number of allylic oxidation sites excluding steroid dienone is 7. The van der Waals surface area contributed by atoms with Gasteiger partial charge < -0.3 is 15.1 Å². The van der Waals surface area contributed by atoms with E-state index in [1.54, 1.807) is 0 Å². The summed E-state index contributed by atoms with van der Waals surface area (Å²) in [7, 11) is 0. The molecule has 16 heavy (non-hydrogen) atoms. The predicted octanol–water partition coefficient (Wildman–Crippen LogP) is 1.23. The minimum Gasteiger partial charge on any atom is -0.395 e. The predicted molar refractivity (Wildman–Crippen MR) is 65.9 cm³/mol. The molecule has 1 aliphatic rings. The van der Waals surface area contributed by atoms with Gasteiger partial charge in [-0.05, 0) is 19.1 Å². The van der Waals surface area contributed by atoms with Crippen molar-refractivity contribution in [1.82, 2.24) is 4.90 Å². The summed E-state index contributed by atoms with van der Waals surface area (Å²) in [6.07, 6.45) is 12.0. The molecule has 0 radical (unpaired) electrons. The second-order valence-electron chi connectivity index (χ2n) is 3.65. The van der Waals surface area contributed by atoms with Crippen LogP contribution in [-0.2, 0) is 0 Å². The van der Waals surface area contributed by atoms with E-state index in [9.17, 15) is 0 Å². The number of nitrogens with zero attached hydrogens (tertiary/aromatic N) is 1. The maximum atomic E-state index is 8.97. The Hall–Kier alpha value is -1.32. The third-order valence-corrected chi connectivity index (χ3v) is 2.36. The average molecular weight is 221 g/mol. The van der Waals surface area contributed by atoms with E-state index in [4.69, 9.17) is 10.2 Å². The summed E-state index contributed by atoms with van der Waals surface area (Å²) >= 11 is 0. The topological polar surface area (TPSA) is 43.7 Å². The van der Waals surface area contributed by atoms with Crippen LogP contribution >= 0.6 is 0 Å². The lowest BCUT2D eigenvalue weighted by Gasteiger charge is -2.24. The first-order valence-electron chi connectivity index (χ1n) is 5.48. The normalized spacial score (nSPS) is 20.4. The monoisotopic (exact) mass is 221 g/mol. The van der Waals surface area contributed by atoms with Gasteiger partial charge in [0.2, 0.25) is 0 Å². The molecular weight excluding hydrogens is 202 g/mol. The van der Waals surface area contributed by atoms with Crippen molar-refractivity contribution in [1.29, 1.82) is 0 Å². The van der Waals surface area contributed by atoms with E-state index in [2.05, 4.69) is 0 Å². The van der Waals surface area contributed by atoms with Crippen LogP contribution < -0.4 is 0 Å². The lowest BCUT2D eigenvalue weighted by molar-refractivity contribution is 0.192. The summed E-state index contributed by atoms with van der Waals surface area (Å²) < 4.78 is 0. The molecule has 0 aromatic rings. The summed E-state index contributed by atoms with van der Waals surface area (Å²) in [5.74, 6) is 0. The van der Waals surface area contributed by atoms with Gasteiger partial charge in [-0.1, -0.05) is 29.9 Å². The van der Waals surface area contributed by atoms with Crippen molar-refractivity contribution in [2.24, 2.45) is 0 Å². The highest BCUT2D eigenvalue weighted by atomic mass is 16.3. The van der Waals surface area contributed by atoms with Gasteiger partial charge in [0.1, 0.15) is 0 Å². The van der Waals surface area contributed by atoms with Crippen LogP contribution in [0.25, 0.3) is 0 Å². The highest BCUT2D eigenvalue weighted by molar-refractivity contribution is 5.34. The molecule has 0 unspecified atom stereocenters. The average Bonchev–Trinajstić information content (AvgIpc) is 2.24. The second kappa shape index (κ2) is 7.04. The number of hydrogen-bond acceptors (Lipinski definition) is 3. The van der Waals surface area contributed by atoms with Crippen molar-refractivity contribution in [2.75, 3.05) is 26.3 Å². The van der Waals surface area contributed by atoms with Crippen LogP contribution in [0, 0.1) is 0 Å². The van der Waals surface area contributed by atoms with Crippen LogP contribution in [0.2, 0.25) is 0 Å². The molecule has 0 amide bonds. The minimum atomic E-state index is 0.0870. The minimum absolute atomic E-state index is 0.0870. The highest BCUT2D eigenvalue weighted by Gasteiger charge is 2.05. The van der Waals surface area contributed by atoms with Crippen LogP contribution in [0.15, 0.2) is 47.7 Å². The number of aliphatic hydroxyl groups is 2. The molecule has 3 heteroatoms. The lowest BCUT2D eigenvalue weighted by Crippen LogP contribution is -2.28. The van der Waals surface area contributed by atoms with Gasteiger partial charge in [-0.3, -0.25) is 0 Å². The fourth-order valence-electron chi connectivity index (χ4n) is 1.51. The molecule has 0 fully saturated rings. The molecule has 0 aromatic carbocycles. The SMILES string of the molecule is CC1=C/C=C/C=C(\N(CCO)CCO)C=C1. The van der Waals surface area contributed by atoms with E-state index < -0.39 is 0 Å². The third-order valence-electron chi connectivity index (χ3n) is 2.36. The van der Waals surface area contributed by atoms with E-state index in [1.807, 2.05) is 48.3 Å². The third kappa shape index (κ3) is 4.04. The zero-order valence-corrected chi connectivity index (χ0v) is 9.63. The van der Waals surface area contributed by atoms with E-state index in [-0.39, 0.29) is 13.2 Å². The summed E-state index contributed by atoms with van der Waals surface area (Å²) in [5.41, 5.74) is 2.18. The molecule has 2 N–H and O–H groups in total. The van der Waals surface area contributed by atoms with Gasteiger partial charge in [0.25, 0.3) is 0 Å². The maximum absolute atomic E-state index is 8.97. The first-order valence-corrected chi connectivity index (χ1v) is 5.48. The molecule has 0 heterocycles. The summed E-state index contributed by atoms with van der Waals surface area (Å²) in [6.45, 7) is 3.28. The fourth-order valence-corrected chi connectivity index (χ4v) is 1.51. The molecular formula is C13H19NO2. The Kier molecular flexibility index (Phi) is 5.61. The van der Waals surface area contributed by atoms with Crippen LogP contribution in [0.5, 0.6) is 0 Å².